The molecule has 4 rings (SSSR count). The molecule has 45 heavy (non-hydrogen) atoms. The zero-order valence-electron chi connectivity index (χ0n) is 26.4. The molecule has 2 amide bonds. The van der Waals surface area contributed by atoms with Crippen LogP contribution >= 0.6 is 0 Å². The molecule has 0 saturated carbocycles. The highest BCUT2D eigenvalue weighted by molar-refractivity contribution is 7.92. The number of sulfonamides is 1. The molecule has 0 heterocycles. The van der Waals surface area contributed by atoms with Crippen LogP contribution in [-0.2, 0) is 32.6 Å². The maximum Gasteiger partial charge on any atom is 0.264 e. The van der Waals surface area contributed by atoms with Gasteiger partial charge in [-0.2, -0.15) is 0 Å². The summed E-state index contributed by atoms with van der Waals surface area (Å²) < 4.78 is 35.0. The van der Waals surface area contributed by atoms with E-state index in [1.54, 1.807) is 43.5 Å². The van der Waals surface area contributed by atoms with E-state index in [4.69, 9.17) is 4.74 Å². The molecule has 0 unspecified atom stereocenters. The molecular weight excluding hydrogens is 586 g/mol. The Morgan fingerprint density at radius 2 is 1.44 bits per heavy atom. The van der Waals surface area contributed by atoms with Gasteiger partial charge >= 0.3 is 0 Å². The van der Waals surface area contributed by atoms with Crippen molar-refractivity contribution in [3.8, 4) is 5.75 Å². The number of carbonyl (C=O) groups excluding carboxylic acids is 2. The third kappa shape index (κ3) is 8.30. The highest BCUT2D eigenvalue weighted by Gasteiger charge is 2.35. The Kier molecular flexibility index (Phi) is 11.0. The monoisotopic (exact) mass is 627 g/mol. The van der Waals surface area contributed by atoms with E-state index < -0.39 is 28.5 Å². The molecule has 9 heteroatoms. The van der Waals surface area contributed by atoms with Crippen molar-refractivity contribution in [1.29, 1.82) is 0 Å². The Labute approximate surface area is 266 Å². The molecule has 0 aliphatic carbocycles. The summed E-state index contributed by atoms with van der Waals surface area (Å²) in [7, 11) is -2.60. The predicted octanol–water partition coefficient (Wildman–Crippen LogP) is 5.67. The van der Waals surface area contributed by atoms with Crippen LogP contribution in [0.4, 0.5) is 5.69 Å². The second-order valence-corrected chi connectivity index (χ2v) is 13.1. The number of anilines is 1. The molecule has 0 fully saturated rings. The molecule has 1 N–H and O–H groups in total. The highest BCUT2D eigenvalue weighted by Crippen LogP contribution is 2.29. The Morgan fingerprint density at radius 1 is 0.822 bits per heavy atom. The zero-order valence-corrected chi connectivity index (χ0v) is 27.3. The fourth-order valence-electron chi connectivity index (χ4n) is 5.14. The average Bonchev–Trinajstić information content (AvgIpc) is 3.03. The number of rotatable bonds is 13. The van der Waals surface area contributed by atoms with Gasteiger partial charge in [-0.3, -0.25) is 13.9 Å². The van der Waals surface area contributed by atoms with Crippen molar-refractivity contribution in [2.24, 2.45) is 0 Å². The van der Waals surface area contributed by atoms with Gasteiger partial charge in [0.2, 0.25) is 11.8 Å². The lowest BCUT2D eigenvalue weighted by Gasteiger charge is -2.34. The van der Waals surface area contributed by atoms with Crippen molar-refractivity contribution in [3.05, 3.63) is 125 Å². The highest BCUT2D eigenvalue weighted by atomic mass is 32.2. The largest absolute Gasteiger partial charge is 0.497 e. The first-order valence-corrected chi connectivity index (χ1v) is 16.4. The molecule has 236 valence electrons. The first-order chi connectivity index (χ1) is 21.5. The topological polar surface area (TPSA) is 96.0 Å². The lowest BCUT2D eigenvalue weighted by molar-refractivity contribution is -0.140. The summed E-state index contributed by atoms with van der Waals surface area (Å²) in [6.45, 7) is 7.01. The lowest BCUT2D eigenvalue weighted by Crippen LogP contribution is -2.54. The maximum absolute atomic E-state index is 14.6. The van der Waals surface area contributed by atoms with E-state index in [9.17, 15) is 18.0 Å². The van der Waals surface area contributed by atoms with Gasteiger partial charge < -0.3 is 15.0 Å². The molecule has 4 aromatic rings. The third-order valence-corrected chi connectivity index (χ3v) is 9.42. The smallest absolute Gasteiger partial charge is 0.264 e. The van der Waals surface area contributed by atoms with Crippen molar-refractivity contribution in [3.63, 3.8) is 0 Å². The molecule has 0 aromatic heterocycles. The second kappa shape index (κ2) is 14.9. The van der Waals surface area contributed by atoms with Crippen LogP contribution in [0.3, 0.4) is 0 Å². The zero-order chi connectivity index (χ0) is 32.6. The molecule has 0 spiro atoms. The average molecular weight is 628 g/mol. The summed E-state index contributed by atoms with van der Waals surface area (Å²) in [5.74, 6) is -0.234. The summed E-state index contributed by atoms with van der Waals surface area (Å²) in [6, 6.07) is 29.1. The van der Waals surface area contributed by atoms with Crippen LogP contribution in [0.5, 0.6) is 5.75 Å². The van der Waals surface area contributed by atoms with Gasteiger partial charge in [0.05, 0.1) is 17.7 Å². The first-order valence-electron chi connectivity index (χ1n) is 14.9. The van der Waals surface area contributed by atoms with E-state index in [2.05, 4.69) is 5.32 Å². The van der Waals surface area contributed by atoms with Gasteiger partial charge in [-0.25, -0.2) is 8.42 Å². The van der Waals surface area contributed by atoms with Crippen molar-refractivity contribution in [1.82, 2.24) is 10.2 Å². The van der Waals surface area contributed by atoms with Crippen LogP contribution in [0.15, 0.2) is 108 Å². The summed E-state index contributed by atoms with van der Waals surface area (Å²) in [5.41, 5.74) is 3.64. The number of amides is 2. The number of nitrogens with one attached hydrogen (secondary N) is 1. The third-order valence-electron chi connectivity index (χ3n) is 7.64. The van der Waals surface area contributed by atoms with E-state index >= 15 is 0 Å². The number of benzene rings is 4. The maximum atomic E-state index is 14.6. The van der Waals surface area contributed by atoms with Gasteiger partial charge in [0.1, 0.15) is 18.3 Å². The number of hydrogen-bond acceptors (Lipinski definition) is 5. The molecule has 0 radical (unpaired) electrons. The van der Waals surface area contributed by atoms with Gasteiger partial charge in [-0.15, -0.1) is 0 Å². The van der Waals surface area contributed by atoms with Gasteiger partial charge in [0.25, 0.3) is 10.0 Å². The van der Waals surface area contributed by atoms with Gasteiger partial charge in [-0.1, -0.05) is 72.8 Å². The molecule has 8 nitrogen and oxygen atoms in total. The number of ether oxygens (including phenoxy) is 1. The fourth-order valence-corrected chi connectivity index (χ4v) is 6.63. The number of hydrogen-bond donors (Lipinski definition) is 1. The first kappa shape index (κ1) is 33.3. The Bertz CT molecular complexity index is 1710. The SMILES string of the molecule is COc1cccc(CN(C(=O)CN(c2cccc(C)c2C)S(=O)(=O)c2ccccc2)[C@H](Cc2ccccc2)C(=O)NC(C)C)c1. The van der Waals surface area contributed by atoms with E-state index in [-0.39, 0.29) is 29.8 Å². The number of aryl methyl sites for hydroxylation is 1. The van der Waals surface area contributed by atoms with Crippen LogP contribution in [0, 0.1) is 13.8 Å². The lowest BCUT2D eigenvalue weighted by atomic mass is 10.0. The second-order valence-electron chi connectivity index (χ2n) is 11.3. The van der Waals surface area contributed by atoms with E-state index in [0.29, 0.717) is 11.4 Å². The van der Waals surface area contributed by atoms with Crippen LogP contribution in [0.25, 0.3) is 0 Å². The number of nitrogens with zero attached hydrogens (tertiary/aromatic N) is 2. The number of methoxy groups -OCH3 is 1. The molecule has 1 atom stereocenters. The quantitative estimate of drug-likeness (QED) is 0.206. The van der Waals surface area contributed by atoms with Crippen molar-refractivity contribution < 1.29 is 22.7 Å². The van der Waals surface area contributed by atoms with Crippen molar-refractivity contribution in [2.75, 3.05) is 18.0 Å². The minimum Gasteiger partial charge on any atom is -0.497 e. The van der Waals surface area contributed by atoms with Gasteiger partial charge in [0, 0.05) is 19.0 Å². The summed E-state index contributed by atoms with van der Waals surface area (Å²) in [6.07, 6.45) is 0.240. The predicted molar refractivity (Wildman–Crippen MR) is 178 cm³/mol. The van der Waals surface area contributed by atoms with Crippen LogP contribution in [0.1, 0.15) is 36.1 Å². The molecule has 0 bridgehead atoms. The van der Waals surface area contributed by atoms with Gasteiger partial charge in [0.15, 0.2) is 0 Å². The van der Waals surface area contributed by atoms with Crippen LogP contribution < -0.4 is 14.4 Å². The fraction of sp³-hybridized carbons (Fsp3) is 0.278. The molecular formula is C36H41N3O5S. The van der Waals surface area contributed by atoms with Crippen molar-refractivity contribution >= 4 is 27.5 Å². The van der Waals surface area contributed by atoms with Gasteiger partial charge in [-0.05, 0) is 80.3 Å². The normalized spacial score (nSPS) is 12.0. The summed E-state index contributed by atoms with van der Waals surface area (Å²) in [5, 5.41) is 2.98. The Balaban J connectivity index is 1.84. The van der Waals surface area contributed by atoms with Crippen LogP contribution in [-0.4, -0.2) is 50.9 Å². The van der Waals surface area contributed by atoms with E-state index in [0.717, 1.165) is 26.6 Å². The minimum atomic E-state index is -4.16. The standard InChI is InChI=1S/C36H41N3O5S/c1-26(2)37-36(41)34(23-29-15-8-6-9-16-29)38(24-30-17-13-18-31(22-30)44-5)35(40)25-39(33-21-12-14-27(3)28(33)4)45(42,43)32-19-10-7-11-20-32/h6-22,26,34H,23-25H2,1-5H3,(H,37,41)/t34-/m1/s1. The Hall–Kier alpha value is -4.63. The Morgan fingerprint density at radius 3 is 2.09 bits per heavy atom. The summed E-state index contributed by atoms with van der Waals surface area (Å²) >= 11 is 0. The molecule has 0 aliphatic rings. The van der Waals surface area contributed by atoms with Crippen molar-refractivity contribution in [2.45, 2.75) is 57.6 Å². The molecule has 0 saturated heterocycles. The number of carbonyl (C=O) groups is 2. The molecule has 0 aliphatic heterocycles. The van der Waals surface area contributed by atoms with E-state index in [1.165, 1.54) is 17.0 Å². The minimum absolute atomic E-state index is 0.0606. The van der Waals surface area contributed by atoms with E-state index in [1.807, 2.05) is 82.3 Å². The molecule has 4 aromatic carbocycles. The van der Waals surface area contributed by atoms with Crippen LogP contribution in [0.2, 0.25) is 0 Å². The summed E-state index contributed by atoms with van der Waals surface area (Å²) in [4.78, 5) is 30.0.